The normalized spacial score (nSPS) is 17.2. The lowest BCUT2D eigenvalue weighted by Crippen LogP contribution is -2.36. The van der Waals surface area contributed by atoms with E-state index in [0.717, 1.165) is 11.3 Å². The zero-order valence-corrected chi connectivity index (χ0v) is 22.1. The number of benzene rings is 2. The number of amides is 1. The van der Waals surface area contributed by atoms with Crippen molar-refractivity contribution >= 4 is 46.2 Å². The van der Waals surface area contributed by atoms with Gasteiger partial charge in [0, 0.05) is 31.6 Å². The molecule has 39 heavy (non-hydrogen) atoms. The summed E-state index contributed by atoms with van der Waals surface area (Å²) in [6.45, 7) is 6.56. The van der Waals surface area contributed by atoms with Crippen LogP contribution in [0.1, 0.15) is 18.0 Å². The maximum absolute atomic E-state index is 13.7. The number of nitrogens with zero attached hydrogens (tertiary/aromatic N) is 4. The number of hydrogen-bond acceptors (Lipinski definition) is 9. The van der Waals surface area contributed by atoms with E-state index < -0.39 is 5.82 Å². The second-order valence-electron chi connectivity index (χ2n) is 8.89. The molecule has 1 aromatic heterocycles. The number of hydroxylamine groups is 1. The van der Waals surface area contributed by atoms with Crippen molar-refractivity contribution in [2.45, 2.75) is 12.5 Å². The van der Waals surface area contributed by atoms with Crippen LogP contribution in [0.4, 0.5) is 33.1 Å². The summed E-state index contributed by atoms with van der Waals surface area (Å²) in [5.41, 5.74) is 2.80. The van der Waals surface area contributed by atoms with Crippen molar-refractivity contribution in [3.8, 4) is 5.75 Å². The average Bonchev–Trinajstić information content (AvgIpc) is 3.45. The van der Waals surface area contributed by atoms with E-state index in [0.29, 0.717) is 68.1 Å². The molecule has 0 spiro atoms. The van der Waals surface area contributed by atoms with Gasteiger partial charge in [0.2, 0.25) is 5.91 Å². The second-order valence-corrected chi connectivity index (χ2v) is 9.29. The number of aromatic nitrogens is 2. The molecule has 0 saturated carbocycles. The zero-order valence-electron chi connectivity index (χ0n) is 21.3. The molecule has 2 fully saturated rings. The van der Waals surface area contributed by atoms with Crippen molar-refractivity contribution in [1.29, 1.82) is 0 Å². The van der Waals surface area contributed by atoms with Crippen LogP contribution >= 0.6 is 11.6 Å². The van der Waals surface area contributed by atoms with Gasteiger partial charge in [-0.05, 0) is 29.8 Å². The Hall–Kier alpha value is -3.93. The van der Waals surface area contributed by atoms with Gasteiger partial charge in [0.1, 0.15) is 23.7 Å². The van der Waals surface area contributed by atoms with E-state index >= 15 is 0 Å². The molecular formula is C27H28ClFN6O4. The van der Waals surface area contributed by atoms with E-state index in [1.165, 1.54) is 18.5 Å². The number of ether oxygens (including phenoxy) is 2. The largest absolute Gasteiger partial charge is 0.494 e. The van der Waals surface area contributed by atoms with E-state index in [9.17, 15) is 9.18 Å². The quantitative estimate of drug-likeness (QED) is 0.378. The molecule has 5 rings (SSSR count). The van der Waals surface area contributed by atoms with Crippen LogP contribution in [0.2, 0.25) is 5.02 Å². The van der Waals surface area contributed by atoms with Gasteiger partial charge >= 0.3 is 0 Å². The molecule has 2 aromatic carbocycles. The number of carbonyl (C=O) groups excluding carboxylic acids is 1. The van der Waals surface area contributed by atoms with Gasteiger partial charge < -0.3 is 25.0 Å². The molecule has 0 radical (unpaired) electrons. The van der Waals surface area contributed by atoms with Crippen LogP contribution in [0.3, 0.4) is 0 Å². The first-order chi connectivity index (χ1) is 19.0. The van der Waals surface area contributed by atoms with Crippen molar-refractivity contribution in [3.63, 3.8) is 0 Å². The van der Waals surface area contributed by atoms with E-state index in [-0.39, 0.29) is 17.0 Å². The van der Waals surface area contributed by atoms with Gasteiger partial charge in [-0.3, -0.25) is 9.63 Å². The van der Waals surface area contributed by atoms with Crippen LogP contribution in [0.25, 0.3) is 0 Å². The second kappa shape index (κ2) is 11.9. The van der Waals surface area contributed by atoms with Crippen LogP contribution in [-0.2, 0) is 14.4 Å². The summed E-state index contributed by atoms with van der Waals surface area (Å²) in [6, 6.07) is 9.83. The fourth-order valence-corrected chi connectivity index (χ4v) is 4.77. The molecule has 3 heterocycles. The molecule has 2 saturated heterocycles. The maximum Gasteiger partial charge on any atom is 0.247 e. The highest BCUT2D eigenvalue weighted by Gasteiger charge is 2.30. The first-order valence-corrected chi connectivity index (χ1v) is 12.8. The lowest BCUT2D eigenvalue weighted by atomic mass is 10.0. The lowest BCUT2D eigenvalue weighted by Gasteiger charge is -2.31. The smallest absolute Gasteiger partial charge is 0.247 e. The minimum absolute atomic E-state index is 0.0522. The van der Waals surface area contributed by atoms with Crippen molar-refractivity contribution in [2.24, 2.45) is 0 Å². The topological polar surface area (TPSA) is 101 Å². The summed E-state index contributed by atoms with van der Waals surface area (Å²) in [4.78, 5) is 29.0. The molecule has 2 aliphatic heterocycles. The Morgan fingerprint density at radius 2 is 2.00 bits per heavy atom. The summed E-state index contributed by atoms with van der Waals surface area (Å²) >= 11 is 6.02. The fraction of sp³-hybridized carbons (Fsp3) is 0.296. The molecule has 0 bridgehead atoms. The van der Waals surface area contributed by atoms with Crippen molar-refractivity contribution in [1.82, 2.24) is 9.97 Å². The van der Waals surface area contributed by atoms with Crippen LogP contribution in [0.5, 0.6) is 5.75 Å². The predicted molar refractivity (Wildman–Crippen MR) is 147 cm³/mol. The summed E-state index contributed by atoms with van der Waals surface area (Å²) < 4.78 is 24.9. The Bertz CT molecular complexity index is 1370. The molecule has 204 valence electrons. The van der Waals surface area contributed by atoms with Crippen LogP contribution < -0.4 is 25.3 Å². The molecular weight excluding hydrogens is 527 g/mol. The van der Waals surface area contributed by atoms with Gasteiger partial charge in [0.05, 0.1) is 55.1 Å². The maximum atomic E-state index is 13.7. The Morgan fingerprint density at radius 3 is 2.74 bits per heavy atom. The number of morpholine rings is 1. The minimum Gasteiger partial charge on any atom is -0.494 e. The van der Waals surface area contributed by atoms with Crippen molar-refractivity contribution in [3.05, 3.63) is 71.8 Å². The summed E-state index contributed by atoms with van der Waals surface area (Å²) in [5, 5.41) is 7.88. The molecule has 2 aliphatic rings. The molecule has 3 aromatic rings. The number of anilines is 5. The third-order valence-electron chi connectivity index (χ3n) is 6.49. The Balaban J connectivity index is 1.44. The van der Waals surface area contributed by atoms with Gasteiger partial charge in [-0.25, -0.2) is 19.4 Å². The van der Waals surface area contributed by atoms with Crippen LogP contribution in [0, 0.1) is 5.82 Å². The number of halogens is 2. The Morgan fingerprint density at radius 1 is 1.18 bits per heavy atom. The van der Waals surface area contributed by atoms with Crippen LogP contribution in [0.15, 0.2) is 55.4 Å². The molecule has 1 atom stereocenters. The predicted octanol–water partition coefficient (Wildman–Crippen LogP) is 4.87. The third kappa shape index (κ3) is 5.90. The summed E-state index contributed by atoms with van der Waals surface area (Å²) in [7, 11) is 1.58. The van der Waals surface area contributed by atoms with Crippen LogP contribution in [-0.4, -0.2) is 55.9 Å². The fourth-order valence-electron chi connectivity index (χ4n) is 4.58. The molecule has 12 heteroatoms. The van der Waals surface area contributed by atoms with E-state index in [1.54, 1.807) is 36.4 Å². The van der Waals surface area contributed by atoms with E-state index in [2.05, 4.69) is 32.1 Å². The third-order valence-corrected chi connectivity index (χ3v) is 6.78. The average molecular weight is 555 g/mol. The molecule has 0 unspecified atom stereocenters. The first-order valence-electron chi connectivity index (χ1n) is 12.4. The van der Waals surface area contributed by atoms with Gasteiger partial charge in [-0.15, -0.1) is 0 Å². The summed E-state index contributed by atoms with van der Waals surface area (Å²) in [6.07, 6.45) is 3.32. The van der Waals surface area contributed by atoms with Crippen molar-refractivity contribution < 1.29 is 23.5 Å². The number of hydrogen-bond donors (Lipinski definition) is 2. The molecule has 0 aliphatic carbocycles. The highest BCUT2D eigenvalue weighted by Crippen LogP contribution is 2.40. The van der Waals surface area contributed by atoms with Gasteiger partial charge in [-0.1, -0.05) is 24.2 Å². The number of nitrogens with one attached hydrogen (secondary N) is 2. The number of rotatable bonds is 8. The monoisotopic (exact) mass is 554 g/mol. The Labute approximate surface area is 230 Å². The number of carbonyl (C=O) groups is 1. The first kappa shape index (κ1) is 26.7. The van der Waals surface area contributed by atoms with E-state index in [4.69, 9.17) is 25.9 Å². The zero-order chi connectivity index (χ0) is 27.4. The number of methoxy groups -OCH3 is 1. The minimum atomic E-state index is -0.475. The Kier molecular flexibility index (Phi) is 8.10. The van der Waals surface area contributed by atoms with Gasteiger partial charge in [-0.2, -0.15) is 0 Å². The molecule has 10 nitrogen and oxygen atoms in total. The standard InChI is InChI=1S/C27H28ClFN6O4/c1-3-27(36)33-20-13-21(24(37-2)14-23(20)34-7-10-38-11-8-34)32-25-15-26(31-16-30-25)35-22(6-9-39-35)17-4-5-19(29)18(28)12-17/h3-5,12-16,22H,1,6-11H2,2H3,(H,33,36)(H,30,31,32)/t22-/m1/s1. The summed E-state index contributed by atoms with van der Waals surface area (Å²) in [5.74, 6) is 0.744. The SMILES string of the molecule is C=CC(=O)Nc1cc(Nc2cc(N3OCC[C@@H]3c3ccc(F)c(Cl)c3)ncn2)c(OC)cc1N1CCOCC1. The molecule has 1 amide bonds. The lowest BCUT2D eigenvalue weighted by molar-refractivity contribution is -0.111. The highest BCUT2D eigenvalue weighted by molar-refractivity contribution is 6.30. The van der Waals surface area contributed by atoms with Gasteiger partial charge in [0.15, 0.2) is 5.82 Å². The molecule has 2 N–H and O–H groups in total. The van der Waals surface area contributed by atoms with Crippen molar-refractivity contribution in [2.75, 3.05) is 60.6 Å². The van der Waals surface area contributed by atoms with E-state index in [1.807, 2.05) is 6.07 Å². The highest BCUT2D eigenvalue weighted by atomic mass is 35.5. The van der Waals surface area contributed by atoms with Gasteiger partial charge in [0.25, 0.3) is 0 Å².